The van der Waals surface area contributed by atoms with E-state index in [0.29, 0.717) is 0 Å². The van der Waals surface area contributed by atoms with E-state index in [4.69, 9.17) is 0 Å². The zero-order chi connectivity index (χ0) is 10.1. The van der Waals surface area contributed by atoms with Gasteiger partial charge in [0.2, 0.25) is 0 Å². The van der Waals surface area contributed by atoms with Crippen molar-refractivity contribution in [2.45, 2.75) is 32.4 Å². The maximum atomic E-state index is 9.42. The van der Waals surface area contributed by atoms with Crippen molar-refractivity contribution in [3.05, 3.63) is 0 Å². The van der Waals surface area contributed by atoms with Gasteiger partial charge in [0, 0.05) is 38.8 Å². The van der Waals surface area contributed by atoms with Crippen molar-refractivity contribution < 1.29 is 5.11 Å². The van der Waals surface area contributed by atoms with E-state index in [1.165, 1.54) is 19.6 Å². The van der Waals surface area contributed by atoms with E-state index in [2.05, 4.69) is 23.6 Å². The van der Waals surface area contributed by atoms with Crippen LogP contribution in [0.1, 0.15) is 20.3 Å². The molecule has 0 aliphatic carbocycles. The van der Waals surface area contributed by atoms with E-state index in [1.807, 2.05) is 0 Å². The summed E-state index contributed by atoms with van der Waals surface area (Å²) >= 11 is 0. The van der Waals surface area contributed by atoms with Crippen molar-refractivity contribution in [3.63, 3.8) is 0 Å². The molecule has 0 bridgehead atoms. The summed E-state index contributed by atoms with van der Waals surface area (Å²) < 4.78 is 0. The van der Waals surface area contributed by atoms with Crippen LogP contribution < -0.4 is 0 Å². The van der Waals surface area contributed by atoms with E-state index in [9.17, 15) is 5.11 Å². The van der Waals surface area contributed by atoms with E-state index < -0.39 is 0 Å². The second-order valence-electron chi connectivity index (χ2n) is 5.20. The number of likely N-dealkylation sites (tertiary alicyclic amines) is 2. The molecule has 0 aromatic carbocycles. The molecule has 1 N–H and O–H groups in total. The van der Waals surface area contributed by atoms with Gasteiger partial charge in [-0.15, -0.1) is 0 Å². The highest BCUT2D eigenvalue weighted by Crippen LogP contribution is 2.20. The van der Waals surface area contributed by atoms with Crippen LogP contribution in [-0.2, 0) is 0 Å². The molecular weight excluding hydrogens is 176 g/mol. The fraction of sp³-hybridized carbons (Fsp3) is 1.00. The zero-order valence-corrected chi connectivity index (χ0v) is 9.32. The Kier molecular flexibility index (Phi) is 3.10. The van der Waals surface area contributed by atoms with Gasteiger partial charge in [0.25, 0.3) is 0 Å². The molecular formula is C11H22N2O. The molecule has 0 aromatic heterocycles. The third-order valence-electron chi connectivity index (χ3n) is 3.27. The van der Waals surface area contributed by atoms with Crippen LogP contribution in [0.4, 0.5) is 0 Å². The minimum atomic E-state index is -0.0610. The Hall–Kier alpha value is -0.120. The third kappa shape index (κ3) is 2.27. The summed E-state index contributed by atoms with van der Waals surface area (Å²) in [6.45, 7) is 10.2. The van der Waals surface area contributed by atoms with Crippen LogP contribution in [-0.4, -0.2) is 59.8 Å². The number of aliphatic hydroxyl groups is 1. The monoisotopic (exact) mass is 198 g/mol. The first kappa shape index (κ1) is 10.4. The van der Waals surface area contributed by atoms with Crippen LogP contribution in [0.2, 0.25) is 0 Å². The van der Waals surface area contributed by atoms with Crippen LogP contribution in [0.5, 0.6) is 0 Å². The lowest BCUT2D eigenvalue weighted by atomic mass is 10.1. The topological polar surface area (TPSA) is 26.7 Å². The van der Waals surface area contributed by atoms with Crippen molar-refractivity contribution in [2.75, 3.05) is 32.7 Å². The molecule has 0 radical (unpaired) electrons. The lowest BCUT2D eigenvalue weighted by Crippen LogP contribution is -2.59. The average molecular weight is 198 g/mol. The van der Waals surface area contributed by atoms with Gasteiger partial charge in [-0.25, -0.2) is 0 Å². The normalized spacial score (nSPS) is 31.3. The van der Waals surface area contributed by atoms with Crippen molar-refractivity contribution >= 4 is 0 Å². The molecule has 0 aromatic rings. The largest absolute Gasteiger partial charge is 0.392 e. The Balaban J connectivity index is 1.67. The number of hydrogen-bond acceptors (Lipinski definition) is 3. The van der Waals surface area contributed by atoms with E-state index in [-0.39, 0.29) is 6.10 Å². The van der Waals surface area contributed by atoms with Gasteiger partial charge in [0.15, 0.2) is 0 Å². The van der Waals surface area contributed by atoms with E-state index in [1.54, 1.807) is 0 Å². The maximum absolute atomic E-state index is 9.42. The molecule has 2 fully saturated rings. The third-order valence-corrected chi connectivity index (χ3v) is 3.27. The first-order valence-corrected chi connectivity index (χ1v) is 5.79. The Morgan fingerprint density at radius 2 is 2.00 bits per heavy atom. The second-order valence-corrected chi connectivity index (χ2v) is 5.20. The number of β-amino-alcohol motifs (C(OH)–C–C–N with tert-alkyl or cyclic N) is 1. The summed E-state index contributed by atoms with van der Waals surface area (Å²) in [5.74, 6) is 0.778. The molecule has 82 valence electrons. The van der Waals surface area contributed by atoms with Gasteiger partial charge in [-0.05, 0) is 12.3 Å². The van der Waals surface area contributed by atoms with Gasteiger partial charge in [0.1, 0.15) is 0 Å². The fourth-order valence-corrected chi connectivity index (χ4v) is 2.54. The Morgan fingerprint density at radius 1 is 1.29 bits per heavy atom. The van der Waals surface area contributed by atoms with Gasteiger partial charge in [-0.1, -0.05) is 13.8 Å². The van der Waals surface area contributed by atoms with Gasteiger partial charge >= 0.3 is 0 Å². The predicted molar refractivity (Wildman–Crippen MR) is 57.3 cm³/mol. The first-order valence-electron chi connectivity index (χ1n) is 5.79. The minimum absolute atomic E-state index is 0.0610. The van der Waals surface area contributed by atoms with Gasteiger partial charge < -0.3 is 5.11 Å². The molecule has 1 unspecified atom stereocenters. The highest BCUT2D eigenvalue weighted by atomic mass is 16.3. The molecule has 2 heterocycles. The molecule has 2 aliphatic rings. The second kappa shape index (κ2) is 4.17. The molecule has 2 saturated heterocycles. The first-order chi connectivity index (χ1) is 6.65. The van der Waals surface area contributed by atoms with Crippen LogP contribution in [0.3, 0.4) is 0 Å². The quantitative estimate of drug-likeness (QED) is 0.711. The minimum Gasteiger partial charge on any atom is -0.392 e. The van der Waals surface area contributed by atoms with E-state index in [0.717, 1.165) is 31.5 Å². The fourth-order valence-electron chi connectivity index (χ4n) is 2.54. The maximum Gasteiger partial charge on any atom is 0.0679 e. The molecule has 1 atom stereocenters. The van der Waals surface area contributed by atoms with Crippen molar-refractivity contribution in [2.24, 2.45) is 5.92 Å². The molecule has 0 spiro atoms. The van der Waals surface area contributed by atoms with Crippen LogP contribution in [0.25, 0.3) is 0 Å². The average Bonchev–Trinajstić information content (AvgIpc) is 2.42. The Bertz CT molecular complexity index is 190. The van der Waals surface area contributed by atoms with Crippen LogP contribution >= 0.6 is 0 Å². The van der Waals surface area contributed by atoms with Gasteiger partial charge in [-0.2, -0.15) is 0 Å². The van der Waals surface area contributed by atoms with Gasteiger partial charge in [-0.3, -0.25) is 9.80 Å². The highest BCUT2D eigenvalue weighted by molar-refractivity contribution is 4.91. The Labute approximate surface area is 86.7 Å². The lowest BCUT2D eigenvalue weighted by Gasteiger charge is -2.44. The molecule has 2 rings (SSSR count). The molecule has 3 nitrogen and oxygen atoms in total. The lowest BCUT2D eigenvalue weighted by molar-refractivity contribution is 0.0327. The standard InChI is InChI=1S/C11H22N2O/c1-9(2)5-12-6-10(7-12)13-4-3-11(14)8-13/h9-11,14H,3-8H2,1-2H3. The Morgan fingerprint density at radius 3 is 2.50 bits per heavy atom. The summed E-state index contributed by atoms with van der Waals surface area (Å²) in [5, 5.41) is 9.42. The molecule has 0 amide bonds. The SMILES string of the molecule is CC(C)CN1CC(N2CCC(O)C2)C1. The summed E-state index contributed by atoms with van der Waals surface area (Å²) in [6, 6.07) is 0.728. The smallest absolute Gasteiger partial charge is 0.0679 e. The summed E-state index contributed by atoms with van der Waals surface area (Å²) in [7, 11) is 0. The predicted octanol–water partition coefficient (Wildman–Crippen LogP) is 0.393. The van der Waals surface area contributed by atoms with Crippen molar-refractivity contribution in [3.8, 4) is 0 Å². The summed E-state index contributed by atoms with van der Waals surface area (Å²) in [4.78, 5) is 4.96. The number of aliphatic hydroxyl groups excluding tert-OH is 1. The van der Waals surface area contributed by atoms with Gasteiger partial charge in [0.05, 0.1) is 6.10 Å². The van der Waals surface area contributed by atoms with Crippen LogP contribution in [0, 0.1) is 5.92 Å². The molecule has 0 saturated carbocycles. The summed E-state index contributed by atoms with van der Waals surface area (Å²) in [5.41, 5.74) is 0. The van der Waals surface area contributed by atoms with Crippen molar-refractivity contribution in [1.82, 2.24) is 9.80 Å². The van der Waals surface area contributed by atoms with Crippen molar-refractivity contribution in [1.29, 1.82) is 0 Å². The number of hydrogen-bond donors (Lipinski definition) is 1. The molecule has 2 aliphatic heterocycles. The molecule has 14 heavy (non-hydrogen) atoms. The summed E-state index contributed by atoms with van der Waals surface area (Å²) in [6.07, 6.45) is 0.912. The highest BCUT2D eigenvalue weighted by Gasteiger charge is 2.35. The van der Waals surface area contributed by atoms with E-state index >= 15 is 0 Å². The molecule has 3 heteroatoms. The van der Waals surface area contributed by atoms with Crippen LogP contribution in [0.15, 0.2) is 0 Å². The zero-order valence-electron chi connectivity index (χ0n) is 9.32. The number of nitrogens with zero attached hydrogens (tertiary/aromatic N) is 2. The number of rotatable bonds is 3.